The average molecular weight is 248 g/mol. The van der Waals surface area contributed by atoms with Crippen molar-refractivity contribution < 1.29 is 13.2 Å². The van der Waals surface area contributed by atoms with Crippen LogP contribution in [-0.2, 0) is 14.8 Å². The van der Waals surface area contributed by atoms with E-state index >= 15 is 0 Å². The molecular formula is C9H10ClNO3S. The van der Waals surface area contributed by atoms with Crippen molar-refractivity contribution in [3.05, 3.63) is 29.3 Å². The lowest BCUT2D eigenvalue weighted by molar-refractivity contribution is 0.172. The zero-order valence-corrected chi connectivity index (χ0v) is 9.46. The van der Waals surface area contributed by atoms with Crippen molar-refractivity contribution in [1.82, 2.24) is 4.31 Å². The van der Waals surface area contributed by atoms with Crippen LogP contribution in [-0.4, -0.2) is 32.6 Å². The van der Waals surface area contributed by atoms with Gasteiger partial charge in [-0.05, 0) is 24.3 Å². The predicted molar refractivity (Wildman–Crippen MR) is 56.2 cm³/mol. The van der Waals surface area contributed by atoms with Gasteiger partial charge in [-0.2, -0.15) is 4.31 Å². The first kappa shape index (κ1) is 10.9. The first-order valence-corrected chi connectivity index (χ1v) is 6.26. The maximum atomic E-state index is 11.9. The van der Waals surface area contributed by atoms with Crippen LogP contribution in [0.3, 0.4) is 0 Å². The molecule has 1 aliphatic rings. The van der Waals surface area contributed by atoms with Gasteiger partial charge in [0.1, 0.15) is 6.73 Å². The van der Waals surface area contributed by atoms with Crippen molar-refractivity contribution >= 4 is 21.6 Å². The van der Waals surface area contributed by atoms with Crippen LogP contribution in [0.1, 0.15) is 0 Å². The summed E-state index contributed by atoms with van der Waals surface area (Å²) in [5, 5.41) is 0.520. The number of hydrogen-bond acceptors (Lipinski definition) is 3. The Morgan fingerprint density at radius 1 is 1.27 bits per heavy atom. The maximum Gasteiger partial charge on any atom is 0.245 e. The second-order valence-electron chi connectivity index (χ2n) is 3.17. The summed E-state index contributed by atoms with van der Waals surface area (Å²) >= 11 is 5.69. The van der Waals surface area contributed by atoms with Crippen molar-refractivity contribution in [1.29, 1.82) is 0 Å². The molecule has 0 spiro atoms. The molecule has 1 aliphatic heterocycles. The fourth-order valence-corrected chi connectivity index (χ4v) is 2.77. The number of halogens is 1. The van der Waals surface area contributed by atoms with Gasteiger partial charge in [0.25, 0.3) is 0 Å². The van der Waals surface area contributed by atoms with Crippen molar-refractivity contribution in [3.63, 3.8) is 0 Å². The zero-order chi connectivity index (χ0) is 10.9. The topological polar surface area (TPSA) is 46.6 Å². The van der Waals surface area contributed by atoms with Gasteiger partial charge in [0.15, 0.2) is 0 Å². The highest BCUT2D eigenvalue weighted by molar-refractivity contribution is 7.89. The second kappa shape index (κ2) is 4.09. The van der Waals surface area contributed by atoms with Crippen LogP contribution >= 0.6 is 11.6 Å². The molecule has 0 bridgehead atoms. The quantitative estimate of drug-likeness (QED) is 0.792. The largest absolute Gasteiger partial charge is 0.364 e. The third kappa shape index (κ3) is 2.15. The van der Waals surface area contributed by atoms with Crippen LogP contribution in [0.2, 0.25) is 5.02 Å². The summed E-state index contributed by atoms with van der Waals surface area (Å²) in [6.45, 7) is 0.989. The molecule has 2 rings (SSSR count). The molecular weight excluding hydrogens is 238 g/mol. The van der Waals surface area contributed by atoms with E-state index in [-0.39, 0.29) is 11.6 Å². The van der Waals surface area contributed by atoms with E-state index in [1.165, 1.54) is 16.4 Å². The number of hydrogen-bond donors (Lipinski definition) is 0. The molecule has 1 saturated heterocycles. The highest BCUT2D eigenvalue weighted by atomic mass is 35.5. The molecule has 0 atom stereocenters. The fourth-order valence-electron chi connectivity index (χ4n) is 1.34. The number of rotatable bonds is 2. The van der Waals surface area contributed by atoms with Gasteiger partial charge < -0.3 is 4.74 Å². The lowest BCUT2D eigenvalue weighted by atomic mass is 10.4. The number of ether oxygens (including phenoxy) is 1. The first-order valence-electron chi connectivity index (χ1n) is 4.44. The lowest BCUT2D eigenvalue weighted by Crippen LogP contribution is -2.28. The van der Waals surface area contributed by atoms with E-state index < -0.39 is 10.0 Å². The molecule has 0 aliphatic carbocycles. The average Bonchev–Trinajstić information content (AvgIpc) is 2.71. The van der Waals surface area contributed by atoms with E-state index in [0.717, 1.165) is 0 Å². The molecule has 0 saturated carbocycles. The Morgan fingerprint density at radius 3 is 2.47 bits per heavy atom. The van der Waals surface area contributed by atoms with Gasteiger partial charge in [0.05, 0.1) is 11.5 Å². The van der Waals surface area contributed by atoms with E-state index in [4.69, 9.17) is 16.3 Å². The van der Waals surface area contributed by atoms with E-state index in [2.05, 4.69) is 0 Å². The number of sulfonamides is 1. The third-order valence-electron chi connectivity index (χ3n) is 2.17. The van der Waals surface area contributed by atoms with Crippen molar-refractivity contribution in [2.45, 2.75) is 4.90 Å². The maximum absolute atomic E-state index is 11.9. The monoisotopic (exact) mass is 247 g/mol. The molecule has 1 heterocycles. The van der Waals surface area contributed by atoms with Gasteiger partial charge in [-0.25, -0.2) is 8.42 Å². The van der Waals surface area contributed by atoms with Gasteiger partial charge in [0.2, 0.25) is 10.0 Å². The smallest absolute Gasteiger partial charge is 0.245 e. The lowest BCUT2D eigenvalue weighted by Gasteiger charge is -2.13. The summed E-state index contributed by atoms with van der Waals surface area (Å²) in [6, 6.07) is 6.11. The number of nitrogens with zero attached hydrogens (tertiary/aromatic N) is 1. The minimum atomic E-state index is -3.41. The summed E-state index contributed by atoms with van der Waals surface area (Å²) in [5.74, 6) is 0. The molecule has 0 N–H and O–H groups in total. The van der Waals surface area contributed by atoms with Gasteiger partial charge >= 0.3 is 0 Å². The van der Waals surface area contributed by atoms with Crippen LogP contribution in [0, 0.1) is 0 Å². The molecule has 1 fully saturated rings. The minimum Gasteiger partial charge on any atom is -0.364 e. The molecule has 0 amide bonds. The predicted octanol–water partition coefficient (Wildman–Crippen LogP) is 1.32. The molecule has 1 aromatic carbocycles. The summed E-state index contributed by atoms with van der Waals surface area (Å²) in [7, 11) is -3.41. The Hall–Kier alpha value is -0.620. The summed E-state index contributed by atoms with van der Waals surface area (Å²) in [6.07, 6.45) is 0. The van der Waals surface area contributed by atoms with Gasteiger partial charge in [-0.15, -0.1) is 0 Å². The van der Waals surface area contributed by atoms with Gasteiger partial charge in [-0.1, -0.05) is 11.6 Å². The molecule has 0 radical (unpaired) electrons. The van der Waals surface area contributed by atoms with Crippen LogP contribution in [0.5, 0.6) is 0 Å². The van der Waals surface area contributed by atoms with Gasteiger partial charge in [-0.3, -0.25) is 0 Å². The Balaban J connectivity index is 2.32. The Morgan fingerprint density at radius 2 is 1.93 bits per heavy atom. The van der Waals surface area contributed by atoms with Crippen LogP contribution in [0.25, 0.3) is 0 Å². The SMILES string of the molecule is O=S(=O)(c1ccc(Cl)cc1)N1CCOC1. The van der Waals surface area contributed by atoms with Crippen molar-refractivity contribution in [2.75, 3.05) is 19.9 Å². The van der Waals surface area contributed by atoms with Crippen molar-refractivity contribution in [3.8, 4) is 0 Å². The molecule has 15 heavy (non-hydrogen) atoms. The van der Waals surface area contributed by atoms with Crippen LogP contribution < -0.4 is 0 Å². The fraction of sp³-hybridized carbons (Fsp3) is 0.333. The summed E-state index contributed by atoms with van der Waals surface area (Å²) in [5.41, 5.74) is 0. The number of benzene rings is 1. The van der Waals surface area contributed by atoms with Crippen molar-refractivity contribution in [2.24, 2.45) is 0 Å². The zero-order valence-electron chi connectivity index (χ0n) is 7.89. The molecule has 0 unspecified atom stereocenters. The van der Waals surface area contributed by atoms with E-state index in [1.807, 2.05) is 0 Å². The molecule has 1 aromatic rings. The molecule has 6 heteroatoms. The normalized spacial score (nSPS) is 18.2. The highest BCUT2D eigenvalue weighted by Gasteiger charge is 2.27. The van der Waals surface area contributed by atoms with Crippen LogP contribution in [0.4, 0.5) is 0 Å². The molecule has 4 nitrogen and oxygen atoms in total. The van der Waals surface area contributed by atoms with E-state index in [0.29, 0.717) is 18.2 Å². The Labute approximate surface area is 93.5 Å². The highest BCUT2D eigenvalue weighted by Crippen LogP contribution is 2.19. The second-order valence-corrected chi connectivity index (χ2v) is 5.55. The first-order chi connectivity index (χ1) is 7.10. The molecule has 0 aromatic heterocycles. The van der Waals surface area contributed by atoms with E-state index in [1.54, 1.807) is 12.1 Å². The van der Waals surface area contributed by atoms with Crippen LogP contribution in [0.15, 0.2) is 29.2 Å². The molecule has 82 valence electrons. The Bertz CT molecular complexity index is 437. The standard InChI is InChI=1S/C9H10ClNO3S/c10-8-1-3-9(4-2-8)15(12,13)11-5-6-14-7-11/h1-4H,5-7H2. The summed E-state index contributed by atoms with van der Waals surface area (Å²) < 4.78 is 30.2. The minimum absolute atomic E-state index is 0.130. The van der Waals surface area contributed by atoms with E-state index in [9.17, 15) is 8.42 Å². The third-order valence-corrected chi connectivity index (χ3v) is 4.26. The van der Waals surface area contributed by atoms with Gasteiger partial charge in [0, 0.05) is 11.6 Å². The Kier molecular flexibility index (Phi) is 2.97. The summed E-state index contributed by atoms with van der Waals surface area (Å²) in [4.78, 5) is 0.248.